The Balaban J connectivity index is 2.79. The number of rotatable bonds is 4. The predicted octanol–water partition coefficient (Wildman–Crippen LogP) is 0.396. The highest BCUT2D eigenvalue weighted by Crippen LogP contribution is 2.11. The number of benzene rings is 1. The van der Waals surface area contributed by atoms with Crippen LogP contribution in [0.2, 0.25) is 0 Å². The summed E-state index contributed by atoms with van der Waals surface area (Å²) in [5, 5.41) is 0. The molecule has 1 amide bonds. The fourth-order valence-electron chi connectivity index (χ4n) is 1.54. The number of carbonyl (C=O) groups excluding carboxylic acids is 1. The minimum Gasteiger partial charge on any atom is -0.340 e. The van der Waals surface area contributed by atoms with Crippen LogP contribution in [0.15, 0.2) is 29.2 Å². The molecular formula is C12H18N2O3S. The molecule has 0 aliphatic heterocycles. The van der Waals surface area contributed by atoms with Crippen LogP contribution in [-0.2, 0) is 21.2 Å². The molecule has 1 rings (SSSR count). The lowest BCUT2D eigenvalue weighted by Gasteiger charge is -2.19. The first-order valence-corrected chi connectivity index (χ1v) is 7.40. The summed E-state index contributed by atoms with van der Waals surface area (Å²) in [4.78, 5) is 13.4. The third kappa shape index (κ3) is 3.82. The van der Waals surface area contributed by atoms with Gasteiger partial charge in [0.1, 0.15) is 0 Å². The average Bonchev–Trinajstić information content (AvgIpc) is 2.27. The molecule has 0 aliphatic carbocycles. The van der Waals surface area contributed by atoms with Gasteiger partial charge in [-0.05, 0) is 24.6 Å². The Morgan fingerprint density at radius 3 is 2.22 bits per heavy atom. The lowest BCUT2D eigenvalue weighted by molar-refractivity contribution is -0.131. The third-order valence-corrected chi connectivity index (χ3v) is 3.67. The smallest absolute Gasteiger partial charge is 0.239 e. The van der Waals surface area contributed by atoms with Crippen LogP contribution < -0.4 is 5.73 Å². The first-order valence-electron chi connectivity index (χ1n) is 5.51. The second kappa shape index (κ2) is 5.49. The van der Waals surface area contributed by atoms with E-state index in [-0.39, 0.29) is 10.8 Å². The molecule has 5 nitrogen and oxygen atoms in total. The first-order chi connectivity index (χ1) is 8.21. The van der Waals surface area contributed by atoms with Gasteiger partial charge in [-0.1, -0.05) is 12.1 Å². The van der Waals surface area contributed by atoms with Gasteiger partial charge < -0.3 is 10.6 Å². The van der Waals surface area contributed by atoms with Crippen molar-refractivity contribution in [3.8, 4) is 0 Å². The Hall–Kier alpha value is -1.40. The molecule has 1 aromatic carbocycles. The van der Waals surface area contributed by atoms with Crippen LogP contribution in [0.25, 0.3) is 0 Å². The second-order valence-electron chi connectivity index (χ2n) is 4.40. The lowest BCUT2D eigenvalue weighted by atomic mass is 10.2. The van der Waals surface area contributed by atoms with Gasteiger partial charge in [0.15, 0.2) is 9.84 Å². The van der Waals surface area contributed by atoms with Crippen molar-refractivity contribution in [3.05, 3.63) is 29.8 Å². The summed E-state index contributed by atoms with van der Waals surface area (Å²) in [6.07, 6.45) is 1.16. The van der Waals surface area contributed by atoms with Crippen LogP contribution in [0, 0.1) is 0 Å². The van der Waals surface area contributed by atoms with Gasteiger partial charge in [-0.25, -0.2) is 8.42 Å². The number of sulfone groups is 1. The van der Waals surface area contributed by atoms with E-state index in [0.29, 0.717) is 6.54 Å². The van der Waals surface area contributed by atoms with Gasteiger partial charge in [0, 0.05) is 19.8 Å². The summed E-state index contributed by atoms with van der Waals surface area (Å²) < 4.78 is 22.6. The van der Waals surface area contributed by atoms with Crippen molar-refractivity contribution in [1.29, 1.82) is 0 Å². The fourth-order valence-corrected chi connectivity index (χ4v) is 2.17. The van der Waals surface area contributed by atoms with E-state index in [1.54, 1.807) is 26.1 Å². The SMILES string of the molecule is C[C@@H](N)C(=O)N(C)Cc1ccc(S(C)(=O)=O)cc1. The van der Waals surface area contributed by atoms with Crippen molar-refractivity contribution in [2.45, 2.75) is 24.4 Å². The van der Waals surface area contributed by atoms with E-state index in [9.17, 15) is 13.2 Å². The molecular weight excluding hydrogens is 252 g/mol. The van der Waals surface area contributed by atoms with E-state index in [1.165, 1.54) is 17.0 Å². The van der Waals surface area contributed by atoms with Crippen LogP contribution in [0.4, 0.5) is 0 Å². The van der Waals surface area contributed by atoms with E-state index < -0.39 is 15.9 Å². The van der Waals surface area contributed by atoms with E-state index >= 15 is 0 Å². The maximum atomic E-state index is 11.6. The normalized spacial score (nSPS) is 13.1. The molecule has 2 N–H and O–H groups in total. The second-order valence-corrected chi connectivity index (χ2v) is 6.41. The molecule has 0 aromatic heterocycles. The molecule has 18 heavy (non-hydrogen) atoms. The first kappa shape index (κ1) is 14.7. The average molecular weight is 270 g/mol. The number of carbonyl (C=O) groups is 1. The molecule has 0 unspecified atom stereocenters. The monoisotopic (exact) mass is 270 g/mol. The summed E-state index contributed by atoms with van der Waals surface area (Å²) in [7, 11) is -1.52. The third-order valence-electron chi connectivity index (χ3n) is 2.54. The molecule has 1 atom stereocenters. The van der Waals surface area contributed by atoms with E-state index in [1.807, 2.05) is 0 Å². The van der Waals surface area contributed by atoms with Crippen molar-refractivity contribution in [1.82, 2.24) is 4.90 Å². The molecule has 0 spiro atoms. The van der Waals surface area contributed by atoms with Crippen LogP contribution in [-0.4, -0.2) is 38.6 Å². The molecule has 0 fully saturated rings. The number of hydrogen-bond donors (Lipinski definition) is 1. The van der Waals surface area contributed by atoms with Crippen molar-refractivity contribution < 1.29 is 13.2 Å². The zero-order valence-electron chi connectivity index (χ0n) is 10.8. The minimum absolute atomic E-state index is 0.151. The summed E-state index contributed by atoms with van der Waals surface area (Å²) in [5.41, 5.74) is 6.36. The van der Waals surface area contributed by atoms with Crippen molar-refractivity contribution in [3.63, 3.8) is 0 Å². The minimum atomic E-state index is -3.18. The van der Waals surface area contributed by atoms with Gasteiger partial charge >= 0.3 is 0 Å². The molecule has 100 valence electrons. The van der Waals surface area contributed by atoms with Crippen LogP contribution in [0.1, 0.15) is 12.5 Å². The van der Waals surface area contributed by atoms with E-state index in [4.69, 9.17) is 5.73 Å². The van der Waals surface area contributed by atoms with Gasteiger partial charge in [-0.3, -0.25) is 4.79 Å². The molecule has 0 saturated carbocycles. The fraction of sp³-hybridized carbons (Fsp3) is 0.417. The highest BCUT2D eigenvalue weighted by Gasteiger charge is 2.13. The van der Waals surface area contributed by atoms with Gasteiger partial charge in [0.2, 0.25) is 5.91 Å². The molecule has 0 aliphatic rings. The number of amides is 1. The topological polar surface area (TPSA) is 80.5 Å². The lowest BCUT2D eigenvalue weighted by Crippen LogP contribution is -2.39. The number of hydrogen-bond acceptors (Lipinski definition) is 4. The molecule has 0 radical (unpaired) electrons. The molecule has 1 aromatic rings. The Morgan fingerprint density at radius 2 is 1.83 bits per heavy atom. The quantitative estimate of drug-likeness (QED) is 0.858. The van der Waals surface area contributed by atoms with Crippen molar-refractivity contribution in [2.24, 2.45) is 5.73 Å². The zero-order chi connectivity index (χ0) is 13.9. The molecule has 6 heteroatoms. The van der Waals surface area contributed by atoms with E-state index in [2.05, 4.69) is 0 Å². The van der Waals surface area contributed by atoms with Crippen LogP contribution in [0.5, 0.6) is 0 Å². The van der Waals surface area contributed by atoms with Gasteiger partial charge in [0.25, 0.3) is 0 Å². The van der Waals surface area contributed by atoms with Crippen LogP contribution >= 0.6 is 0 Å². The van der Waals surface area contributed by atoms with Gasteiger partial charge in [-0.15, -0.1) is 0 Å². The van der Waals surface area contributed by atoms with Gasteiger partial charge in [0.05, 0.1) is 10.9 Å². The van der Waals surface area contributed by atoms with Crippen LogP contribution in [0.3, 0.4) is 0 Å². The predicted molar refractivity (Wildman–Crippen MR) is 69.7 cm³/mol. The molecule has 0 saturated heterocycles. The summed E-state index contributed by atoms with van der Waals surface area (Å²) in [6.45, 7) is 2.04. The Kier molecular flexibility index (Phi) is 4.48. The van der Waals surface area contributed by atoms with Gasteiger partial charge in [-0.2, -0.15) is 0 Å². The van der Waals surface area contributed by atoms with E-state index in [0.717, 1.165) is 11.8 Å². The number of nitrogens with zero attached hydrogens (tertiary/aromatic N) is 1. The molecule has 0 bridgehead atoms. The Morgan fingerprint density at radius 1 is 1.33 bits per heavy atom. The molecule has 0 heterocycles. The zero-order valence-corrected chi connectivity index (χ0v) is 11.6. The summed E-state index contributed by atoms with van der Waals surface area (Å²) in [5.74, 6) is -0.151. The largest absolute Gasteiger partial charge is 0.340 e. The summed E-state index contributed by atoms with van der Waals surface area (Å²) >= 11 is 0. The standard InChI is InChI=1S/C12H18N2O3S/c1-9(13)12(15)14(2)8-10-4-6-11(7-5-10)18(3,16)17/h4-7,9H,8,13H2,1-3H3/t9-/m1/s1. The van der Waals surface area contributed by atoms with Crippen molar-refractivity contribution in [2.75, 3.05) is 13.3 Å². The maximum Gasteiger partial charge on any atom is 0.239 e. The van der Waals surface area contributed by atoms with Crippen molar-refractivity contribution >= 4 is 15.7 Å². The Bertz CT molecular complexity index is 521. The Labute approximate surface area is 108 Å². The number of likely N-dealkylation sites (N-methyl/N-ethyl adjacent to an activating group) is 1. The highest BCUT2D eigenvalue weighted by molar-refractivity contribution is 7.90. The highest BCUT2D eigenvalue weighted by atomic mass is 32.2. The number of nitrogens with two attached hydrogens (primary N) is 1. The maximum absolute atomic E-state index is 11.6. The summed E-state index contributed by atoms with van der Waals surface area (Å²) in [6, 6.07) is 5.93.